The number of carbonyl (C=O) groups excluding carboxylic acids is 1. The third-order valence-corrected chi connectivity index (χ3v) is 5.18. The molecule has 2 heterocycles. The molecule has 26 heavy (non-hydrogen) atoms. The van der Waals surface area contributed by atoms with Crippen molar-refractivity contribution in [3.63, 3.8) is 0 Å². The molecule has 1 saturated carbocycles. The van der Waals surface area contributed by atoms with Gasteiger partial charge in [-0.25, -0.2) is 4.68 Å². The van der Waals surface area contributed by atoms with E-state index in [1.807, 2.05) is 28.9 Å². The SMILES string of the molecule is O=C(NCCCn1nnc2ccccc21)c1cn[nH]c1C1CCCCC1. The van der Waals surface area contributed by atoms with E-state index in [0.717, 1.165) is 42.5 Å². The summed E-state index contributed by atoms with van der Waals surface area (Å²) in [6.45, 7) is 1.32. The lowest BCUT2D eigenvalue weighted by Gasteiger charge is -2.21. The summed E-state index contributed by atoms with van der Waals surface area (Å²) < 4.78 is 1.88. The van der Waals surface area contributed by atoms with Crippen LogP contribution in [0.5, 0.6) is 0 Å². The van der Waals surface area contributed by atoms with Crippen molar-refractivity contribution in [3.8, 4) is 0 Å². The lowest BCUT2D eigenvalue weighted by molar-refractivity contribution is 0.0951. The fraction of sp³-hybridized carbons (Fsp3) is 0.474. The first-order chi connectivity index (χ1) is 12.8. The average Bonchev–Trinajstić information content (AvgIpc) is 3.33. The summed E-state index contributed by atoms with van der Waals surface area (Å²) in [5, 5.41) is 18.5. The highest BCUT2D eigenvalue weighted by molar-refractivity contribution is 5.95. The number of amides is 1. The van der Waals surface area contributed by atoms with Gasteiger partial charge in [0.05, 0.1) is 23.0 Å². The van der Waals surface area contributed by atoms with Gasteiger partial charge in [0.15, 0.2) is 0 Å². The van der Waals surface area contributed by atoms with Crippen molar-refractivity contribution in [2.45, 2.75) is 51.0 Å². The first kappa shape index (κ1) is 16.8. The standard InChI is InChI=1S/C19H24N6O/c26-19(15-13-21-23-18(15)14-7-2-1-3-8-14)20-11-6-12-25-17-10-5-4-9-16(17)22-24-25/h4-5,9-10,13-14H,1-3,6-8,11-12H2,(H,20,26)(H,21,23). The van der Waals surface area contributed by atoms with E-state index in [1.54, 1.807) is 6.20 Å². The van der Waals surface area contributed by atoms with Gasteiger partial charge in [-0.1, -0.05) is 36.6 Å². The Labute approximate surface area is 152 Å². The summed E-state index contributed by atoms with van der Waals surface area (Å²) in [6, 6.07) is 7.90. The minimum atomic E-state index is -0.0391. The van der Waals surface area contributed by atoms with Crippen LogP contribution in [0.4, 0.5) is 0 Å². The third-order valence-electron chi connectivity index (χ3n) is 5.18. The second-order valence-electron chi connectivity index (χ2n) is 6.94. The summed E-state index contributed by atoms with van der Waals surface area (Å²) in [5.74, 6) is 0.399. The van der Waals surface area contributed by atoms with Crippen LogP contribution >= 0.6 is 0 Å². The predicted octanol–water partition coefficient (Wildman–Crippen LogP) is 3.02. The van der Waals surface area contributed by atoms with Crippen molar-refractivity contribution in [2.24, 2.45) is 0 Å². The number of rotatable bonds is 6. The number of hydrogen-bond acceptors (Lipinski definition) is 4. The number of benzene rings is 1. The minimum absolute atomic E-state index is 0.0391. The zero-order valence-electron chi connectivity index (χ0n) is 14.8. The molecule has 1 aliphatic rings. The van der Waals surface area contributed by atoms with Crippen molar-refractivity contribution in [1.29, 1.82) is 0 Å². The van der Waals surface area contributed by atoms with Crippen molar-refractivity contribution >= 4 is 16.9 Å². The summed E-state index contributed by atoms with van der Waals surface area (Å²) in [5.41, 5.74) is 3.62. The Morgan fingerprint density at radius 3 is 2.96 bits per heavy atom. The van der Waals surface area contributed by atoms with E-state index in [0.29, 0.717) is 18.0 Å². The largest absolute Gasteiger partial charge is 0.352 e. The van der Waals surface area contributed by atoms with Gasteiger partial charge in [-0.05, 0) is 31.4 Å². The van der Waals surface area contributed by atoms with E-state index in [4.69, 9.17) is 0 Å². The highest BCUT2D eigenvalue weighted by Crippen LogP contribution is 2.33. The maximum atomic E-state index is 12.5. The number of para-hydroxylation sites is 1. The fourth-order valence-electron chi connectivity index (χ4n) is 3.79. The quantitative estimate of drug-likeness (QED) is 0.668. The molecule has 2 N–H and O–H groups in total. The van der Waals surface area contributed by atoms with Crippen LogP contribution in [-0.4, -0.2) is 37.6 Å². The van der Waals surface area contributed by atoms with Crippen LogP contribution in [0, 0.1) is 0 Å². The lowest BCUT2D eigenvalue weighted by Crippen LogP contribution is -2.26. The molecule has 1 fully saturated rings. The zero-order valence-corrected chi connectivity index (χ0v) is 14.8. The molecule has 0 bridgehead atoms. The molecule has 0 radical (unpaired) electrons. The van der Waals surface area contributed by atoms with Gasteiger partial charge >= 0.3 is 0 Å². The number of aromatic nitrogens is 5. The Kier molecular flexibility index (Phi) is 4.95. The molecule has 1 aliphatic carbocycles. The summed E-state index contributed by atoms with van der Waals surface area (Å²) >= 11 is 0. The normalized spacial score (nSPS) is 15.4. The van der Waals surface area contributed by atoms with Gasteiger partial charge in [0.2, 0.25) is 0 Å². The smallest absolute Gasteiger partial charge is 0.254 e. The Balaban J connectivity index is 1.31. The lowest BCUT2D eigenvalue weighted by atomic mass is 9.85. The Bertz CT molecular complexity index is 877. The number of aromatic amines is 1. The van der Waals surface area contributed by atoms with Crippen LogP contribution in [0.3, 0.4) is 0 Å². The summed E-state index contributed by atoms with van der Waals surface area (Å²) in [4.78, 5) is 12.5. The molecule has 7 heteroatoms. The maximum Gasteiger partial charge on any atom is 0.254 e. The van der Waals surface area contributed by atoms with Crippen molar-refractivity contribution in [3.05, 3.63) is 41.7 Å². The van der Waals surface area contributed by atoms with Gasteiger partial charge in [0.1, 0.15) is 5.52 Å². The molecule has 1 amide bonds. The molecule has 0 saturated heterocycles. The summed E-state index contributed by atoms with van der Waals surface area (Å²) in [6.07, 6.45) is 8.50. The van der Waals surface area contributed by atoms with Gasteiger partial charge < -0.3 is 5.32 Å². The molecule has 2 aromatic heterocycles. The first-order valence-corrected chi connectivity index (χ1v) is 9.42. The Morgan fingerprint density at radius 2 is 2.08 bits per heavy atom. The number of aryl methyl sites for hydroxylation is 1. The molecular formula is C19H24N6O. The van der Waals surface area contributed by atoms with Crippen molar-refractivity contribution in [2.75, 3.05) is 6.54 Å². The van der Waals surface area contributed by atoms with Crippen molar-refractivity contribution < 1.29 is 4.79 Å². The molecule has 0 unspecified atom stereocenters. The molecule has 1 aromatic carbocycles. The van der Waals surface area contributed by atoms with Crippen molar-refractivity contribution in [1.82, 2.24) is 30.5 Å². The van der Waals surface area contributed by atoms with E-state index in [2.05, 4.69) is 25.8 Å². The second kappa shape index (κ2) is 7.68. The second-order valence-corrected chi connectivity index (χ2v) is 6.94. The predicted molar refractivity (Wildman–Crippen MR) is 98.9 cm³/mol. The number of hydrogen-bond donors (Lipinski definition) is 2. The van der Waals surface area contributed by atoms with Crippen LogP contribution in [-0.2, 0) is 6.54 Å². The zero-order chi connectivity index (χ0) is 17.8. The van der Waals surface area contributed by atoms with Gasteiger partial charge in [0.25, 0.3) is 5.91 Å². The Hall–Kier alpha value is -2.70. The third kappa shape index (κ3) is 3.47. The van der Waals surface area contributed by atoms with Gasteiger partial charge in [-0.2, -0.15) is 5.10 Å². The number of nitrogens with zero attached hydrogens (tertiary/aromatic N) is 4. The maximum absolute atomic E-state index is 12.5. The number of H-pyrrole nitrogens is 1. The molecule has 7 nitrogen and oxygen atoms in total. The van der Waals surface area contributed by atoms with Crippen LogP contribution in [0.25, 0.3) is 11.0 Å². The van der Waals surface area contributed by atoms with E-state index < -0.39 is 0 Å². The number of nitrogens with one attached hydrogen (secondary N) is 2. The van der Waals surface area contributed by atoms with E-state index in [1.165, 1.54) is 19.3 Å². The van der Waals surface area contributed by atoms with E-state index in [-0.39, 0.29) is 5.91 Å². The fourth-order valence-corrected chi connectivity index (χ4v) is 3.79. The number of fused-ring (bicyclic) bond motifs is 1. The molecule has 0 atom stereocenters. The first-order valence-electron chi connectivity index (χ1n) is 9.42. The highest BCUT2D eigenvalue weighted by atomic mass is 16.1. The average molecular weight is 352 g/mol. The van der Waals surface area contributed by atoms with Gasteiger partial charge in [-0.15, -0.1) is 5.10 Å². The topological polar surface area (TPSA) is 88.5 Å². The monoisotopic (exact) mass is 352 g/mol. The molecule has 4 rings (SSSR count). The van der Waals surface area contributed by atoms with E-state index >= 15 is 0 Å². The minimum Gasteiger partial charge on any atom is -0.352 e. The van der Waals surface area contributed by atoms with Gasteiger partial charge in [-0.3, -0.25) is 9.89 Å². The molecular weight excluding hydrogens is 328 g/mol. The number of carbonyl (C=O) groups is 1. The molecule has 0 aliphatic heterocycles. The highest BCUT2D eigenvalue weighted by Gasteiger charge is 2.23. The van der Waals surface area contributed by atoms with Gasteiger partial charge in [0, 0.05) is 19.0 Å². The van der Waals surface area contributed by atoms with E-state index in [9.17, 15) is 4.79 Å². The van der Waals surface area contributed by atoms with Crippen LogP contribution < -0.4 is 5.32 Å². The van der Waals surface area contributed by atoms with Crippen LogP contribution in [0.2, 0.25) is 0 Å². The summed E-state index contributed by atoms with van der Waals surface area (Å²) in [7, 11) is 0. The molecule has 136 valence electrons. The van der Waals surface area contributed by atoms with Crippen LogP contribution in [0.1, 0.15) is 60.5 Å². The molecule has 0 spiro atoms. The van der Waals surface area contributed by atoms with Crippen LogP contribution in [0.15, 0.2) is 30.5 Å². The molecule has 3 aromatic rings. The Morgan fingerprint density at radius 1 is 1.23 bits per heavy atom.